The summed E-state index contributed by atoms with van der Waals surface area (Å²) in [6.45, 7) is 3.63. The molecule has 0 bridgehead atoms. The molecule has 0 aliphatic heterocycles. The van der Waals surface area contributed by atoms with Crippen LogP contribution < -0.4 is 0 Å². The van der Waals surface area contributed by atoms with Crippen molar-refractivity contribution < 1.29 is 9.53 Å². The van der Waals surface area contributed by atoms with E-state index in [0.717, 1.165) is 11.1 Å². The maximum Gasteiger partial charge on any atom is 0.338 e. The first-order chi connectivity index (χ1) is 10.1. The lowest BCUT2D eigenvalue weighted by Gasteiger charge is -2.09. The lowest BCUT2D eigenvalue weighted by Crippen LogP contribution is -2.11. The summed E-state index contributed by atoms with van der Waals surface area (Å²) in [6, 6.07) is 14.4. The Morgan fingerprint density at radius 2 is 1.86 bits per heavy atom. The number of carbonyl (C=O) groups is 1. The van der Waals surface area contributed by atoms with Crippen molar-refractivity contribution in [2.75, 3.05) is 0 Å². The first kappa shape index (κ1) is 14.6. The number of benzene rings is 2. The molecule has 106 valence electrons. The van der Waals surface area contributed by atoms with E-state index in [4.69, 9.17) is 10.3 Å². The summed E-state index contributed by atoms with van der Waals surface area (Å²) >= 11 is 0. The second kappa shape index (κ2) is 6.59. The molecule has 0 heterocycles. The number of azide groups is 1. The zero-order valence-corrected chi connectivity index (χ0v) is 11.9. The van der Waals surface area contributed by atoms with Gasteiger partial charge in [0.1, 0.15) is 0 Å². The molecule has 0 radical (unpaired) electrons. The molecule has 0 aliphatic rings. The zero-order valence-electron chi connectivity index (χ0n) is 11.9. The topological polar surface area (TPSA) is 75.1 Å². The number of hydrogen-bond acceptors (Lipinski definition) is 3. The Morgan fingerprint density at radius 1 is 1.14 bits per heavy atom. The molecule has 21 heavy (non-hydrogen) atoms. The van der Waals surface area contributed by atoms with Crippen molar-refractivity contribution in [1.82, 2.24) is 0 Å². The minimum atomic E-state index is -0.336. The zero-order chi connectivity index (χ0) is 15.2. The number of ether oxygens (including phenoxy) is 1. The van der Waals surface area contributed by atoms with E-state index < -0.39 is 0 Å². The number of hydrogen-bond donors (Lipinski definition) is 0. The molecule has 2 aromatic carbocycles. The van der Waals surface area contributed by atoms with Crippen LogP contribution in [0.4, 0.5) is 5.69 Å². The maximum atomic E-state index is 11.9. The molecule has 0 unspecified atom stereocenters. The Labute approximate surface area is 122 Å². The van der Waals surface area contributed by atoms with Gasteiger partial charge in [-0.3, -0.25) is 0 Å². The molecule has 2 rings (SSSR count). The van der Waals surface area contributed by atoms with Crippen molar-refractivity contribution in [3.63, 3.8) is 0 Å². The average Bonchev–Trinajstić information content (AvgIpc) is 2.48. The maximum absolute atomic E-state index is 11.9. The lowest BCUT2D eigenvalue weighted by molar-refractivity contribution is 0.0378. The van der Waals surface area contributed by atoms with Crippen molar-refractivity contribution in [2.45, 2.75) is 20.0 Å². The summed E-state index contributed by atoms with van der Waals surface area (Å²) in [5.74, 6) is -0.336. The minimum Gasteiger partial charge on any atom is -0.459 e. The summed E-state index contributed by atoms with van der Waals surface area (Å²) in [5.41, 5.74) is 11.3. The minimum absolute atomic E-state index is 0.149. The molecule has 0 atom stereocenters. The van der Waals surface area contributed by atoms with E-state index in [0.29, 0.717) is 11.3 Å². The summed E-state index contributed by atoms with van der Waals surface area (Å²) in [7, 11) is 0. The Hall–Kier alpha value is -2.78. The summed E-state index contributed by atoms with van der Waals surface area (Å²) in [6.07, 6.45) is -0.149. The van der Waals surface area contributed by atoms with E-state index in [2.05, 4.69) is 10.0 Å². The van der Waals surface area contributed by atoms with Gasteiger partial charge >= 0.3 is 5.97 Å². The fourth-order valence-electron chi connectivity index (χ4n) is 1.88. The predicted octanol–water partition coefficient (Wildman–Crippen LogP) is 4.86. The number of rotatable bonds is 4. The van der Waals surface area contributed by atoms with Gasteiger partial charge < -0.3 is 4.74 Å². The first-order valence-electron chi connectivity index (χ1n) is 6.56. The van der Waals surface area contributed by atoms with Crippen LogP contribution in [0.5, 0.6) is 0 Å². The van der Waals surface area contributed by atoms with Crippen LogP contribution in [0.1, 0.15) is 24.2 Å². The molecule has 5 nitrogen and oxygen atoms in total. The Morgan fingerprint density at radius 3 is 2.48 bits per heavy atom. The second-order valence-electron chi connectivity index (χ2n) is 4.77. The molecule has 0 aromatic heterocycles. The summed E-state index contributed by atoms with van der Waals surface area (Å²) in [4.78, 5) is 14.6. The third-order valence-electron chi connectivity index (χ3n) is 2.80. The van der Waals surface area contributed by atoms with Crippen LogP contribution in [0, 0.1) is 0 Å². The molecule has 0 N–H and O–H groups in total. The van der Waals surface area contributed by atoms with Crippen LogP contribution >= 0.6 is 0 Å². The van der Waals surface area contributed by atoms with Gasteiger partial charge in [0.25, 0.3) is 0 Å². The van der Waals surface area contributed by atoms with Gasteiger partial charge in [-0.2, -0.15) is 0 Å². The fourth-order valence-corrected chi connectivity index (χ4v) is 1.88. The molecule has 0 saturated heterocycles. The highest BCUT2D eigenvalue weighted by molar-refractivity contribution is 5.91. The van der Waals surface area contributed by atoms with E-state index in [1.807, 2.05) is 38.1 Å². The Kier molecular flexibility index (Phi) is 4.59. The molecule has 0 spiro atoms. The van der Waals surface area contributed by atoms with E-state index in [1.165, 1.54) is 0 Å². The van der Waals surface area contributed by atoms with Gasteiger partial charge in [-0.05, 0) is 42.6 Å². The van der Waals surface area contributed by atoms with Gasteiger partial charge in [0.05, 0.1) is 11.7 Å². The largest absolute Gasteiger partial charge is 0.459 e. The van der Waals surface area contributed by atoms with Gasteiger partial charge in [0, 0.05) is 10.6 Å². The van der Waals surface area contributed by atoms with Crippen LogP contribution in [0.2, 0.25) is 0 Å². The van der Waals surface area contributed by atoms with Crippen LogP contribution in [-0.4, -0.2) is 12.1 Å². The monoisotopic (exact) mass is 281 g/mol. The molecular formula is C16H15N3O2. The SMILES string of the molecule is CC(C)OC(=O)c1cccc(-c2ccc(N=[N+]=[N-])cc2)c1. The molecule has 0 saturated carbocycles. The van der Waals surface area contributed by atoms with E-state index >= 15 is 0 Å². The number of nitrogens with zero attached hydrogens (tertiary/aromatic N) is 3. The summed E-state index contributed by atoms with van der Waals surface area (Å²) < 4.78 is 5.18. The van der Waals surface area contributed by atoms with Gasteiger partial charge in [0.2, 0.25) is 0 Å². The van der Waals surface area contributed by atoms with Crippen molar-refractivity contribution in [1.29, 1.82) is 0 Å². The highest BCUT2D eigenvalue weighted by atomic mass is 16.5. The molecular weight excluding hydrogens is 266 g/mol. The molecule has 5 heteroatoms. The normalized spacial score (nSPS) is 10.0. The molecule has 0 amide bonds. The quantitative estimate of drug-likeness (QED) is 0.347. The smallest absolute Gasteiger partial charge is 0.338 e. The predicted molar refractivity (Wildman–Crippen MR) is 81.2 cm³/mol. The molecule has 0 aliphatic carbocycles. The van der Waals surface area contributed by atoms with Gasteiger partial charge in [-0.25, -0.2) is 4.79 Å². The van der Waals surface area contributed by atoms with Crippen molar-refractivity contribution >= 4 is 11.7 Å². The van der Waals surface area contributed by atoms with Crippen LogP contribution in [0.25, 0.3) is 21.6 Å². The van der Waals surface area contributed by atoms with E-state index in [9.17, 15) is 4.79 Å². The van der Waals surface area contributed by atoms with Crippen LogP contribution in [-0.2, 0) is 4.74 Å². The van der Waals surface area contributed by atoms with E-state index in [1.54, 1.807) is 24.3 Å². The van der Waals surface area contributed by atoms with Gasteiger partial charge in [-0.1, -0.05) is 41.5 Å². The Balaban J connectivity index is 2.28. The molecule has 2 aromatic rings. The average molecular weight is 281 g/mol. The van der Waals surface area contributed by atoms with E-state index in [-0.39, 0.29) is 12.1 Å². The van der Waals surface area contributed by atoms with Crippen molar-refractivity contribution in [3.05, 3.63) is 64.5 Å². The lowest BCUT2D eigenvalue weighted by atomic mass is 10.0. The highest BCUT2D eigenvalue weighted by Gasteiger charge is 2.10. The third kappa shape index (κ3) is 3.84. The Bertz CT molecular complexity index is 687. The van der Waals surface area contributed by atoms with Gasteiger partial charge in [0.15, 0.2) is 0 Å². The number of carbonyl (C=O) groups excluding carboxylic acids is 1. The van der Waals surface area contributed by atoms with Crippen molar-refractivity contribution in [2.24, 2.45) is 5.11 Å². The summed E-state index contributed by atoms with van der Waals surface area (Å²) in [5, 5.41) is 3.53. The number of esters is 1. The van der Waals surface area contributed by atoms with Crippen LogP contribution in [0.15, 0.2) is 53.6 Å². The standard InChI is InChI=1S/C16H15N3O2/c1-11(2)21-16(20)14-5-3-4-13(10-14)12-6-8-15(9-7-12)18-19-17/h3-11H,1-2H3. The molecule has 0 fully saturated rings. The van der Waals surface area contributed by atoms with Gasteiger partial charge in [-0.15, -0.1) is 0 Å². The third-order valence-corrected chi connectivity index (χ3v) is 2.80. The van der Waals surface area contributed by atoms with Crippen molar-refractivity contribution in [3.8, 4) is 11.1 Å². The highest BCUT2D eigenvalue weighted by Crippen LogP contribution is 2.24. The fraction of sp³-hybridized carbons (Fsp3) is 0.188. The second-order valence-corrected chi connectivity index (χ2v) is 4.77. The first-order valence-corrected chi connectivity index (χ1v) is 6.56. The van der Waals surface area contributed by atoms with Crippen LogP contribution in [0.3, 0.4) is 0 Å².